The molecule has 1 aliphatic heterocycles. The zero-order chi connectivity index (χ0) is 19.1. The summed E-state index contributed by atoms with van der Waals surface area (Å²) in [4.78, 5) is 42.1. The largest absolute Gasteiger partial charge is 0.453 e. The number of anilines is 1. The second kappa shape index (κ2) is 6.35. The van der Waals surface area contributed by atoms with E-state index in [0.29, 0.717) is 11.2 Å². The molecule has 0 aliphatic carbocycles. The predicted molar refractivity (Wildman–Crippen MR) is 98.1 cm³/mol. The minimum absolute atomic E-state index is 0.0110. The number of ketones is 1. The Balaban J connectivity index is 1.46. The van der Waals surface area contributed by atoms with E-state index in [1.807, 2.05) is 19.1 Å². The number of amides is 1. The Kier molecular flexibility index (Phi) is 3.99. The van der Waals surface area contributed by atoms with Gasteiger partial charge in [-0.05, 0) is 42.8 Å². The van der Waals surface area contributed by atoms with Gasteiger partial charge in [-0.1, -0.05) is 6.07 Å². The summed E-state index contributed by atoms with van der Waals surface area (Å²) < 4.78 is 6.92. The first-order valence-electron chi connectivity index (χ1n) is 8.48. The zero-order valence-corrected chi connectivity index (χ0v) is 14.9. The van der Waals surface area contributed by atoms with E-state index in [0.717, 1.165) is 16.9 Å². The van der Waals surface area contributed by atoms with E-state index < -0.39 is 5.97 Å². The highest BCUT2D eigenvalue weighted by Crippen LogP contribution is 2.28. The lowest BCUT2D eigenvalue weighted by atomic mass is 10.1. The van der Waals surface area contributed by atoms with E-state index in [1.165, 1.54) is 0 Å². The van der Waals surface area contributed by atoms with Gasteiger partial charge in [0.15, 0.2) is 18.1 Å². The van der Waals surface area contributed by atoms with Crippen LogP contribution in [0.3, 0.4) is 0 Å². The lowest BCUT2D eigenvalue weighted by Gasteiger charge is -2.10. The van der Waals surface area contributed by atoms with Gasteiger partial charge in [-0.2, -0.15) is 0 Å². The number of aryl methyl sites for hydroxylation is 1. The quantitative estimate of drug-likeness (QED) is 0.524. The van der Waals surface area contributed by atoms with Gasteiger partial charge in [0.05, 0.1) is 6.42 Å². The van der Waals surface area contributed by atoms with Crippen molar-refractivity contribution in [1.82, 2.24) is 9.38 Å². The van der Waals surface area contributed by atoms with Crippen LogP contribution in [0.1, 0.15) is 32.1 Å². The maximum absolute atomic E-state index is 12.4. The molecule has 7 nitrogen and oxygen atoms in total. The van der Waals surface area contributed by atoms with E-state index in [2.05, 4.69) is 4.98 Å². The van der Waals surface area contributed by atoms with Crippen LogP contribution in [0.5, 0.6) is 0 Å². The second-order valence-corrected chi connectivity index (χ2v) is 6.49. The molecule has 1 aliphatic rings. The van der Waals surface area contributed by atoms with Crippen molar-refractivity contribution in [1.29, 1.82) is 0 Å². The van der Waals surface area contributed by atoms with Crippen LogP contribution in [0.4, 0.5) is 5.69 Å². The molecule has 27 heavy (non-hydrogen) atoms. The Labute approximate surface area is 155 Å². The number of fused-ring (bicyclic) bond motifs is 2. The SMILES string of the molecule is Cc1cccc2nc(C(=O)OCC(=O)c3ccc4c(c3)CC(=O)N4C)cn12. The van der Waals surface area contributed by atoms with Crippen molar-refractivity contribution in [2.24, 2.45) is 0 Å². The summed E-state index contributed by atoms with van der Waals surface area (Å²) in [7, 11) is 1.70. The molecule has 136 valence electrons. The number of likely N-dealkylation sites (N-methyl/N-ethyl adjacent to an activating group) is 1. The monoisotopic (exact) mass is 363 g/mol. The molecule has 0 radical (unpaired) electrons. The third-order valence-corrected chi connectivity index (χ3v) is 4.72. The average molecular weight is 363 g/mol. The van der Waals surface area contributed by atoms with Crippen LogP contribution in [0, 0.1) is 6.92 Å². The van der Waals surface area contributed by atoms with E-state index in [-0.39, 0.29) is 30.4 Å². The molecule has 0 spiro atoms. The summed E-state index contributed by atoms with van der Waals surface area (Å²) in [5, 5.41) is 0. The van der Waals surface area contributed by atoms with Gasteiger partial charge in [0, 0.05) is 30.2 Å². The van der Waals surface area contributed by atoms with E-state index in [4.69, 9.17) is 4.74 Å². The summed E-state index contributed by atoms with van der Waals surface area (Å²) in [6.45, 7) is 1.53. The van der Waals surface area contributed by atoms with Crippen molar-refractivity contribution >= 4 is 29.0 Å². The van der Waals surface area contributed by atoms with Crippen LogP contribution in [0.15, 0.2) is 42.6 Å². The first-order valence-corrected chi connectivity index (χ1v) is 8.48. The Hall–Kier alpha value is -3.48. The average Bonchev–Trinajstić information content (AvgIpc) is 3.22. The minimum atomic E-state index is -0.650. The molecule has 0 saturated carbocycles. The molecule has 0 bridgehead atoms. The number of esters is 1. The van der Waals surface area contributed by atoms with Gasteiger partial charge >= 0.3 is 5.97 Å². The van der Waals surface area contributed by atoms with Crippen molar-refractivity contribution in [2.75, 3.05) is 18.6 Å². The number of rotatable bonds is 4. The predicted octanol–water partition coefficient (Wildman–Crippen LogP) is 2.20. The molecule has 0 saturated heterocycles. The number of hydrogen-bond donors (Lipinski definition) is 0. The number of benzene rings is 1. The number of imidazole rings is 1. The highest BCUT2D eigenvalue weighted by atomic mass is 16.5. The third kappa shape index (κ3) is 2.97. The molecule has 3 heterocycles. The Bertz CT molecular complexity index is 1100. The Morgan fingerprint density at radius 1 is 1.22 bits per heavy atom. The Morgan fingerprint density at radius 3 is 2.81 bits per heavy atom. The number of Topliss-reactive ketones (excluding diaryl/α,β-unsaturated/α-hetero) is 1. The molecule has 4 rings (SSSR count). The van der Waals surface area contributed by atoms with Gasteiger partial charge in [0.25, 0.3) is 0 Å². The second-order valence-electron chi connectivity index (χ2n) is 6.49. The normalized spacial score (nSPS) is 13.1. The van der Waals surface area contributed by atoms with Gasteiger partial charge < -0.3 is 14.0 Å². The molecule has 3 aromatic rings. The number of ether oxygens (including phenoxy) is 1. The summed E-state index contributed by atoms with van der Waals surface area (Å²) >= 11 is 0. The number of pyridine rings is 1. The van der Waals surface area contributed by atoms with Gasteiger partial charge in [-0.25, -0.2) is 9.78 Å². The molecule has 2 aromatic heterocycles. The number of carbonyl (C=O) groups excluding carboxylic acids is 3. The fourth-order valence-corrected chi connectivity index (χ4v) is 3.18. The fraction of sp³-hybridized carbons (Fsp3) is 0.200. The lowest BCUT2D eigenvalue weighted by Crippen LogP contribution is -2.20. The molecule has 0 fully saturated rings. The maximum atomic E-state index is 12.4. The van der Waals surface area contributed by atoms with E-state index in [1.54, 1.807) is 46.8 Å². The van der Waals surface area contributed by atoms with Crippen LogP contribution in [0.25, 0.3) is 5.65 Å². The molecule has 0 atom stereocenters. The first-order chi connectivity index (χ1) is 12.9. The van der Waals surface area contributed by atoms with Crippen LogP contribution < -0.4 is 4.90 Å². The van der Waals surface area contributed by atoms with Gasteiger partial charge in [-0.15, -0.1) is 0 Å². The number of nitrogens with zero attached hydrogens (tertiary/aromatic N) is 3. The van der Waals surface area contributed by atoms with Crippen LogP contribution in [-0.2, 0) is 16.0 Å². The molecule has 1 aromatic carbocycles. The molecule has 1 amide bonds. The van der Waals surface area contributed by atoms with Gasteiger partial charge in [0.2, 0.25) is 5.91 Å². The molecule has 7 heteroatoms. The number of hydrogen-bond acceptors (Lipinski definition) is 5. The van der Waals surface area contributed by atoms with Crippen molar-refractivity contribution in [2.45, 2.75) is 13.3 Å². The van der Waals surface area contributed by atoms with Crippen molar-refractivity contribution < 1.29 is 19.1 Å². The van der Waals surface area contributed by atoms with Crippen molar-refractivity contribution in [3.8, 4) is 0 Å². The fourth-order valence-electron chi connectivity index (χ4n) is 3.18. The topological polar surface area (TPSA) is 81.0 Å². The van der Waals surface area contributed by atoms with Crippen LogP contribution in [-0.4, -0.2) is 40.7 Å². The third-order valence-electron chi connectivity index (χ3n) is 4.72. The molecular weight excluding hydrogens is 346 g/mol. The van der Waals surface area contributed by atoms with Gasteiger partial charge in [-0.3, -0.25) is 9.59 Å². The van der Waals surface area contributed by atoms with E-state index >= 15 is 0 Å². The van der Waals surface area contributed by atoms with Crippen molar-refractivity contribution in [3.05, 3.63) is 65.1 Å². The van der Waals surface area contributed by atoms with Crippen molar-refractivity contribution in [3.63, 3.8) is 0 Å². The number of carbonyl (C=O) groups is 3. The minimum Gasteiger partial charge on any atom is -0.453 e. The summed E-state index contributed by atoms with van der Waals surface area (Å²) in [6, 6.07) is 10.6. The Morgan fingerprint density at radius 2 is 2.04 bits per heavy atom. The smallest absolute Gasteiger partial charge is 0.359 e. The summed E-state index contributed by atoms with van der Waals surface area (Å²) in [5.74, 6) is -0.987. The zero-order valence-electron chi connectivity index (χ0n) is 14.9. The summed E-state index contributed by atoms with van der Waals surface area (Å²) in [5.41, 5.74) is 3.74. The molecule has 0 N–H and O–H groups in total. The summed E-state index contributed by atoms with van der Waals surface area (Å²) in [6.07, 6.45) is 1.86. The van der Waals surface area contributed by atoms with E-state index in [9.17, 15) is 14.4 Å². The molecular formula is C20H17N3O4. The standard InChI is InChI=1S/C20H17N3O4/c1-12-4-3-5-18-21-15(10-23(12)18)20(26)27-11-17(24)13-6-7-16-14(8-13)9-19(25)22(16)2/h3-8,10H,9,11H2,1-2H3. The highest BCUT2D eigenvalue weighted by Gasteiger charge is 2.25. The van der Waals surface area contributed by atoms with Crippen LogP contribution in [0.2, 0.25) is 0 Å². The first kappa shape index (κ1) is 17.0. The maximum Gasteiger partial charge on any atom is 0.359 e. The molecule has 0 unspecified atom stereocenters. The highest BCUT2D eigenvalue weighted by molar-refractivity contribution is 6.04. The van der Waals surface area contributed by atoms with Gasteiger partial charge in [0.1, 0.15) is 5.65 Å². The lowest BCUT2D eigenvalue weighted by molar-refractivity contribution is -0.117. The number of aromatic nitrogens is 2. The van der Waals surface area contributed by atoms with Crippen LogP contribution >= 0.6 is 0 Å².